The van der Waals surface area contributed by atoms with Gasteiger partial charge < -0.3 is 15.0 Å². The highest BCUT2D eigenvalue weighted by atomic mass is 35.5. The smallest absolute Gasteiger partial charge is 0.242 e. The van der Waals surface area contributed by atoms with E-state index >= 15 is 0 Å². The van der Waals surface area contributed by atoms with Crippen molar-refractivity contribution < 1.29 is 9.53 Å². The molecule has 1 unspecified atom stereocenters. The molecular weight excluding hydrogens is 444 g/mol. The lowest BCUT2D eigenvalue weighted by atomic mass is 9.97. The van der Waals surface area contributed by atoms with Crippen LogP contribution in [0, 0.1) is 5.92 Å². The topological polar surface area (TPSA) is 67.3 Å². The Kier molecular flexibility index (Phi) is 7.60. The summed E-state index contributed by atoms with van der Waals surface area (Å²) in [6, 6.07) is 17.4. The third kappa shape index (κ3) is 5.78. The molecule has 1 aromatic heterocycles. The number of rotatable bonds is 8. The van der Waals surface area contributed by atoms with Crippen molar-refractivity contribution in [3.8, 4) is 5.75 Å². The lowest BCUT2D eigenvalue weighted by molar-refractivity contribution is -0.121. The Morgan fingerprint density at radius 2 is 2.00 bits per heavy atom. The number of ether oxygens (including phenoxy) is 1. The molecule has 3 aromatic rings. The molecule has 168 valence electrons. The number of hydrogen-bond donors (Lipinski definition) is 1. The Hall–Kier alpha value is -2.64. The number of methoxy groups -OCH3 is 1. The number of nitrogens with one attached hydrogen (secondary N) is 1. The fourth-order valence-electron chi connectivity index (χ4n) is 3.85. The number of aromatic nitrogens is 2. The molecule has 0 bridgehead atoms. The van der Waals surface area contributed by atoms with Crippen LogP contribution in [0.15, 0.2) is 54.6 Å². The van der Waals surface area contributed by atoms with Gasteiger partial charge in [0.25, 0.3) is 0 Å². The maximum Gasteiger partial charge on any atom is 0.242 e. The van der Waals surface area contributed by atoms with Crippen LogP contribution >= 0.6 is 23.1 Å². The summed E-state index contributed by atoms with van der Waals surface area (Å²) in [5, 5.41) is 3.34. The average Bonchev–Trinajstić information content (AvgIpc) is 3.31. The van der Waals surface area contributed by atoms with Crippen molar-refractivity contribution in [3.05, 3.63) is 71.5 Å². The molecule has 4 rings (SSSR count). The first-order valence-electron chi connectivity index (χ1n) is 10.8. The lowest BCUT2D eigenvalue weighted by Gasteiger charge is -2.31. The third-order valence-corrected chi connectivity index (χ3v) is 6.99. The number of amides is 1. The van der Waals surface area contributed by atoms with Gasteiger partial charge in [-0.15, -0.1) is 11.6 Å². The zero-order chi connectivity index (χ0) is 22.3. The number of carbonyl (C=O) groups is 1. The Bertz CT molecular complexity index is 1020. The Labute approximate surface area is 197 Å². The van der Waals surface area contributed by atoms with E-state index in [-0.39, 0.29) is 5.91 Å². The number of alkyl halides is 1. The van der Waals surface area contributed by atoms with Gasteiger partial charge >= 0.3 is 0 Å². The van der Waals surface area contributed by atoms with E-state index in [0.717, 1.165) is 53.8 Å². The average molecular weight is 471 g/mol. The van der Waals surface area contributed by atoms with Gasteiger partial charge in [-0.1, -0.05) is 42.5 Å². The van der Waals surface area contributed by atoms with Crippen molar-refractivity contribution in [1.29, 1.82) is 0 Å². The van der Waals surface area contributed by atoms with E-state index in [9.17, 15) is 4.79 Å². The molecule has 8 heteroatoms. The maximum absolute atomic E-state index is 12.4. The number of benzene rings is 2. The quantitative estimate of drug-likeness (QED) is 0.492. The molecule has 1 saturated heterocycles. The summed E-state index contributed by atoms with van der Waals surface area (Å²) >= 11 is 7.77. The first-order valence-corrected chi connectivity index (χ1v) is 12.0. The fraction of sp³-hybridized carbons (Fsp3) is 0.375. The molecule has 1 amide bonds. The second-order valence-corrected chi connectivity index (χ2v) is 9.14. The highest BCUT2D eigenvalue weighted by molar-refractivity contribution is 7.09. The second kappa shape index (κ2) is 10.8. The first kappa shape index (κ1) is 22.6. The van der Waals surface area contributed by atoms with Gasteiger partial charge in [0.2, 0.25) is 11.0 Å². The van der Waals surface area contributed by atoms with Crippen molar-refractivity contribution in [2.45, 2.75) is 24.6 Å². The van der Waals surface area contributed by atoms with Gasteiger partial charge in [-0.05, 0) is 42.0 Å². The minimum absolute atomic E-state index is 0.133. The summed E-state index contributed by atoms with van der Waals surface area (Å²) in [6.45, 7) is 2.48. The van der Waals surface area contributed by atoms with Crippen molar-refractivity contribution in [3.63, 3.8) is 0 Å². The fourth-order valence-corrected chi connectivity index (χ4v) is 4.81. The van der Waals surface area contributed by atoms with Crippen LogP contribution in [0.3, 0.4) is 0 Å². The molecule has 0 aliphatic carbocycles. The molecule has 0 saturated carbocycles. The van der Waals surface area contributed by atoms with Crippen LogP contribution in [-0.2, 0) is 11.2 Å². The SMILES string of the molecule is COc1cccc(Cc2nsc(N3CCC(CNC(=O)C(Cl)c4ccccc4)CC3)n2)c1. The summed E-state index contributed by atoms with van der Waals surface area (Å²) in [5.41, 5.74) is 1.96. The first-order chi connectivity index (χ1) is 15.6. The summed E-state index contributed by atoms with van der Waals surface area (Å²) < 4.78 is 9.84. The van der Waals surface area contributed by atoms with E-state index in [1.807, 2.05) is 48.5 Å². The minimum atomic E-state index is -0.652. The molecule has 1 fully saturated rings. The Morgan fingerprint density at radius 3 is 2.75 bits per heavy atom. The van der Waals surface area contributed by atoms with Crippen LogP contribution in [-0.4, -0.2) is 42.0 Å². The number of halogens is 1. The highest BCUT2D eigenvalue weighted by Gasteiger charge is 2.24. The standard InChI is InChI=1S/C24H27ClN4O2S/c1-31-20-9-5-6-18(14-20)15-21-27-24(32-28-21)29-12-10-17(11-13-29)16-26-23(30)22(25)19-7-3-2-4-8-19/h2-9,14,17,22H,10-13,15-16H2,1H3,(H,26,30). The summed E-state index contributed by atoms with van der Waals surface area (Å²) in [5.74, 6) is 1.99. The molecule has 0 radical (unpaired) electrons. The van der Waals surface area contributed by atoms with Crippen LogP contribution in [0.4, 0.5) is 5.13 Å². The molecule has 1 N–H and O–H groups in total. The molecule has 1 aliphatic rings. The van der Waals surface area contributed by atoms with Gasteiger partial charge in [-0.25, -0.2) is 4.98 Å². The van der Waals surface area contributed by atoms with E-state index in [4.69, 9.17) is 21.3 Å². The Balaban J connectivity index is 1.24. The van der Waals surface area contributed by atoms with E-state index < -0.39 is 5.38 Å². The molecule has 1 aliphatic heterocycles. The molecule has 2 heterocycles. The lowest BCUT2D eigenvalue weighted by Crippen LogP contribution is -2.39. The third-order valence-electron chi connectivity index (χ3n) is 5.73. The summed E-state index contributed by atoms with van der Waals surface area (Å²) in [4.78, 5) is 19.4. The Morgan fingerprint density at radius 1 is 1.22 bits per heavy atom. The van der Waals surface area contributed by atoms with E-state index in [0.29, 0.717) is 18.9 Å². The van der Waals surface area contributed by atoms with Crippen LogP contribution in [0.2, 0.25) is 0 Å². The van der Waals surface area contributed by atoms with Crippen molar-refractivity contribution >= 4 is 34.2 Å². The highest BCUT2D eigenvalue weighted by Crippen LogP contribution is 2.26. The minimum Gasteiger partial charge on any atom is -0.497 e. The van der Waals surface area contributed by atoms with E-state index in [1.54, 1.807) is 7.11 Å². The predicted molar refractivity (Wildman–Crippen MR) is 129 cm³/mol. The predicted octanol–water partition coefficient (Wildman–Crippen LogP) is 4.45. The van der Waals surface area contributed by atoms with Gasteiger partial charge in [-0.2, -0.15) is 4.37 Å². The van der Waals surface area contributed by atoms with Gasteiger partial charge in [0, 0.05) is 37.6 Å². The zero-order valence-corrected chi connectivity index (χ0v) is 19.6. The van der Waals surface area contributed by atoms with Gasteiger partial charge in [0.05, 0.1) is 7.11 Å². The van der Waals surface area contributed by atoms with E-state index in [1.165, 1.54) is 11.5 Å². The van der Waals surface area contributed by atoms with Gasteiger partial charge in [0.1, 0.15) is 17.0 Å². The van der Waals surface area contributed by atoms with Crippen LogP contribution < -0.4 is 15.0 Å². The van der Waals surface area contributed by atoms with Crippen molar-refractivity contribution in [1.82, 2.24) is 14.7 Å². The number of hydrogen-bond acceptors (Lipinski definition) is 6. The van der Waals surface area contributed by atoms with E-state index in [2.05, 4.69) is 20.7 Å². The number of nitrogens with zero attached hydrogens (tertiary/aromatic N) is 3. The number of anilines is 1. The van der Waals surface area contributed by atoms with Crippen LogP contribution in [0.5, 0.6) is 5.75 Å². The largest absolute Gasteiger partial charge is 0.497 e. The molecular formula is C24H27ClN4O2S. The number of piperidine rings is 1. The maximum atomic E-state index is 12.4. The van der Waals surface area contributed by atoms with Crippen molar-refractivity contribution in [2.24, 2.45) is 5.92 Å². The van der Waals surface area contributed by atoms with Gasteiger partial charge in [-0.3, -0.25) is 4.79 Å². The molecule has 0 spiro atoms. The zero-order valence-electron chi connectivity index (χ0n) is 18.0. The van der Waals surface area contributed by atoms with Gasteiger partial charge in [0.15, 0.2) is 0 Å². The second-order valence-electron chi connectivity index (χ2n) is 7.97. The molecule has 2 aromatic carbocycles. The summed E-state index contributed by atoms with van der Waals surface area (Å²) in [6.07, 6.45) is 2.70. The number of carbonyl (C=O) groups excluding carboxylic acids is 1. The molecule has 1 atom stereocenters. The van der Waals surface area contributed by atoms with Crippen molar-refractivity contribution in [2.75, 3.05) is 31.6 Å². The molecule has 32 heavy (non-hydrogen) atoms. The molecule has 6 nitrogen and oxygen atoms in total. The normalized spacial score (nSPS) is 15.4. The van der Waals surface area contributed by atoms with Crippen LogP contribution in [0.1, 0.15) is 35.2 Å². The monoisotopic (exact) mass is 470 g/mol. The van der Waals surface area contributed by atoms with Crippen LogP contribution in [0.25, 0.3) is 0 Å². The summed E-state index contributed by atoms with van der Waals surface area (Å²) in [7, 11) is 1.67.